The molecular formula is C21H27N7O2. The van der Waals surface area contributed by atoms with Gasteiger partial charge < -0.3 is 14.7 Å². The lowest BCUT2D eigenvalue weighted by atomic mass is 9.95. The van der Waals surface area contributed by atoms with E-state index < -0.39 is 0 Å². The molecule has 9 nitrogen and oxygen atoms in total. The Morgan fingerprint density at radius 1 is 1.20 bits per heavy atom. The summed E-state index contributed by atoms with van der Waals surface area (Å²) < 4.78 is 7.16. The molecule has 1 saturated heterocycles. The molecule has 1 amide bonds. The van der Waals surface area contributed by atoms with E-state index in [1.54, 1.807) is 0 Å². The monoisotopic (exact) mass is 409 g/mol. The second-order valence-corrected chi connectivity index (χ2v) is 9.36. The number of hydrogen-bond donors (Lipinski definition) is 1. The van der Waals surface area contributed by atoms with E-state index in [2.05, 4.69) is 46.3 Å². The molecular weight excluding hydrogens is 382 g/mol. The SMILES string of the molecule is CC(C)(C)c1nnc2ccc(N3CC(CNC(=O)c4onc5c4CCCC5)C3)nn12. The van der Waals surface area contributed by atoms with Crippen LogP contribution in [0.25, 0.3) is 5.65 Å². The van der Waals surface area contributed by atoms with Crippen LogP contribution in [0.4, 0.5) is 5.82 Å². The van der Waals surface area contributed by atoms with Gasteiger partial charge in [-0.15, -0.1) is 15.3 Å². The quantitative estimate of drug-likeness (QED) is 0.704. The van der Waals surface area contributed by atoms with Crippen molar-refractivity contribution in [2.45, 2.75) is 51.9 Å². The summed E-state index contributed by atoms with van der Waals surface area (Å²) in [7, 11) is 0. The third-order valence-electron chi connectivity index (χ3n) is 5.92. The van der Waals surface area contributed by atoms with Gasteiger partial charge in [-0.05, 0) is 37.8 Å². The second-order valence-electron chi connectivity index (χ2n) is 9.36. The standard InChI is InChI=1S/C21H27N7O2/c1-21(2,3)20-24-23-16-8-9-17(25-28(16)20)27-11-13(12-27)10-22-19(29)18-14-6-4-5-7-15(14)26-30-18/h8-9,13H,4-7,10-12H2,1-3H3,(H,22,29). The van der Waals surface area contributed by atoms with Gasteiger partial charge in [-0.3, -0.25) is 4.79 Å². The fourth-order valence-corrected chi connectivity index (χ4v) is 4.19. The van der Waals surface area contributed by atoms with Crippen LogP contribution < -0.4 is 10.2 Å². The Kier molecular flexibility index (Phi) is 4.48. The summed E-state index contributed by atoms with van der Waals surface area (Å²) in [5.74, 6) is 2.38. The van der Waals surface area contributed by atoms with Crippen molar-refractivity contribution < 1.29 is 9.32 Å². The molecule has 0 saturated carbocycles. The lowest BCUT2D eigenvalue weighted by Gasteiger charge is -2.40. The Morgan fingerprint density at radius 2 is 2.00 bits per heavy atom. The van der Waals surface area contributed by atoms with Gasteiger partial charge in [-0.25, -0.2) is 0 Å². The first-order valence-electron chi connectivity index (χ1n) is 10.6. The summed E-state index contributed by atoms with van der Waals surface area (Å²) in [6, 6.07) is 3.93. The van der Waals surface area contributed by atoms with Crippen molar-refractivity contribution in [1.82, 2.24) is 30.3 Å². The fourth-order valence-electron chi connectivity index (χ4n) is 4.19. The van der Waals surface area contributed by atoms with Crippen LogP contribution in [0.5, 0.6) is 0 Å². The first kappa shape index (κ1) is 19.0. The number of fused-ring (bicyclic) bond motifs is 2. The van der Waals surface area contributed by atoms with E-state index in [0.29, 0.717) is 18.2 Å². The zero-order valence-corrected chi connectivity index (χ0v) is 17.7. The molecule has 5 rings (SSSR count). The molecule has 2 aliphatic rings. The summed E-state index contributed by atoms with van der Waals surface area (Å²) in [5, 5.41) is 20.4. The topological polar surface area (TPSA) is 101 Å². The molecule has 30 heavy (non-hydrogen) atoms. The maximum Gasteiger partial charge on any atom is 0.290 e. The van der Waals surface area contributed by atoms with Crippen molar-refractivity contribution in [3.8, 4) is 0 Å². The minimum Gasteiger partial charge on any atom is -0.354 e. The molecule has 1 fully saturated rings. The van der Waals surface area contributed by atoms with Gasteiger partial charge in [0.1, 0.15) is 5.82 Å². The number of aryl methyl sites for hydroxylation is 1. The Bertz CT molecular complexity index is 1090. The van der Waals surface area contributed by atoms with Gasteiger partial charge in [0.05, 0.1) is 5.69 Å². The van der Waals surface area contributed by atoms with Crippen LogP contribution in [0.3, 0.4) is 0 Å². The Balaban J connectivity index is 1.20. The van der Waals surface area contributed by atoms with Crippen molar-refractivity contribution >= 4 is 17.4 Å². The number of amides is 1. The first-order valence-corrected chi connectivity index (χ1v) is 10.6. The maximum absolute atomic E-state index is 12.5. The molecule has 0 atom stereocenters. The van der Waals surface area contributed by atoms with Gasteiger partial charge >= 0.3 is 0 Å². The van der Waals surface area contributed by atoms with E-state index in [9.17, 15) is 4.79 Å². The molecule has 1 aliphatic heterocycles. The van der Waals surface area contributed by atoms with E-state index in [1.807, 2.05) is 16.6 Å². The van der Waals surface area contributed by atoms with Crippen molar-refractivity contribution in [3.63, 3.8) is 0 Å². The number of aromatic nitrogens is 5. The van der Waals surface area contributed by atoms with Gasteiger partial charge in [-0.2, -0.15) is 4.52 Å². The minimum absolute atomic E-state index is 0.132. The highest BCUT2D eigenvalue weighted by Gasteiger charge is 2.31. The molecule has 3 aromatic rings. The third-order valence-corrected chi connectivity index (χ3v) is 5.92. The van der Waals surface area contributed by atoms with Gasteiger partial charge in [0.2, 0.25) is 5.76 Å². The summed E-state index contributed by atoms with van der Waals surface area (Å²) in [6.07, 6.45) is 3.99. The predicted molar refractivity (Wildman–Crippen MR) is 111 cm³/mol. The zero-order valence-electron chi connectivity index (χ0n) is 17.7. The lowest BCUT2D eigenvalue weighted by molar-refractivity contribution is 0.0906. The fraction of sp³-hybridized carbons (Fsp3) is 0.571. The van der Waals surface area contributed by atoms with E-state index in [1.165, 1.54) is 0 Å². The Hall–Kier alpha value is -2.97. The molecule has 3 aromatic heterocycles. The van der Waals surface area contributed by atoms with Crippen LogP contribution in [0.1, 0.15) is 61.2 Å². The first-order chi connectivity index (χ1) is 14.4. The summed E-state index contributed by atoms with van der Waals surface area (Å²) >= 11 is 0. The van der Waals surface area contributed by atoms with Crippen molar-refractivity contribution in [1.29, 1.82) is 0 Å². The number of carbonyl (C=O) groups is 1. The largest absolute Gasteiger partial charge is 0.354 e. The highest BCUT2D eigenvalue weighted by atomic mass is 16.5. The Labute approximate surface area is 174 Å². The number of anilines is 1. The maximum atomic E-state index is 12.5. The molecule has 1 aliphatic carbocycles. The number of hydrogen-bond acceptors (Lipinski definition) is 7. The highest BCUT2D eigenvalue weighted by Crippen LogP contribution is 2.26. The van der Waals surface area contributed by atoms with Gasteiger partial charge in [0, 0.05) is 36.5 Å². The molecule has 9 heteroatoms. The summed E-state index contributed by atoms with van der Waals surface area (Å²) in [4.78, 5) is 14.7. The number of nitrogens with one attached hydrogen (secondary N) is 1. The average Bonchev–Trinajstić information content (AvgIpc) is 3.30. The third kappa shape index (κ3) is 3.32. The Morgan fingerprint density at radius 3 is 2.80 bits per heavy atom. The van der Waals surface area contributed by atoms with E-state index >= 15 is 0 Å². The van der Waals surface area contributed by atoms with Gasteiger partial charge in [-0.1, -0.05) is 25.9 Å². The lowest BCUT2D eigenvalue weighted by Crippen LogP contribution is -2.52. The van der Waals surface area contributed by atoms with Crippen molar-refractivity contribution in [3.05, 3.63) is 35.0 Å². The van der Waals surface area contributed by atoms with Crippen LogP contribution in [-0.4, -0.2) is 50.5 Å². The van der Waals surface area contributed by atoms with E-state index in [0.717, 1.165) is 67.3 Å². The zero-order chi connectivity index (χ0) is 20.9. The number of nitrogens with zero attached hydrogens (tertiary/aromatic N) is 6. The van der Waals surface area contributed by atoms with Crippen LogP contribution in [-0.2, 0) is 18.3 Å². The van der Waals surface area contributed by atoms with Crippen LogP contribution >= 0.6 is 0 Å². The molecule has 0 aromatic carbocycles. The normalized spacial score (nSPS) is 17.1. The van der Waals surface area contributed by atoms with Crippen LogP contribution in [0.15, 0.2) is 16.7 Å². The highest BCUT2D eigenvalue weighted by molar-refractivity contribution is 5.93. The molecule has 0 bridgehead atoms. The number of carbonyl (C=O) groups excluding carboxylic acids is 1. The van der Waals surface area contributed by atoms with E-state index in [4.69, 9.17) is 9.62 Å². The molecule has 158 valence electrons. The van der Waals surface area contributed by atoms with Crippen molar-refractivity contribution in [2.24, 2.45) is 5.92 Å². The van der Waals surface area contributed by atoms with Crippen LogP contribution in [0, 0.1) is 5.92 Å². The summed E-state index contributed by atoms with van der Waals surface area (Å²) in [6.45, 7) is 8.62. The number of rotatable bonds is 4. The van der Waals surface area contributed by atoms with Gasteiger partial charge in [0.15, 0.2) is 11.5 Å². The average molecular weight is 409 g/mol. The molecule has 0 spiro atoms. The van der Waals surface area contributed by atoms with Crippen LogP contribution in [0.2, 0.25) is 0 Å². The molecule has 0 unspecified atom stereocenters. The van der Waals surface area contributed by atoms with Crippen molar-refractivity contribution in [2.75, 3.05) is 24.5 Å². The summed E-state index contributed by atoms with van der Waals surface area (Å²) in [5.41, 5.74) is 2.57. The smallest absolute Gasteiger partial charge is 0.290 e. The predicted octanol–water partition coefficient (Wildman–Crippen LogP) is 2.15. The van der Waals surface area contributed by atoms with E-state index in [-0.39, 0.29) is 11.3 Å². The molecule has 4 heterocycles. The minimum atomic E-state index is -0.150. The van der Waals surface area contributed by atoms with Gasteiger partial charge in [0.25, 0.3) is 5.91 Å². The molecule has 0 radical (unpaired) electrons. The second kappa shape index (κ2) is 7.07. The molecule has 1 N–H and O–H groups in total.